The molecule has 1 aliphatic heterocycles. The Morgan fingerprint density at radius 3 is 2.44 bits per heavy atom. The first kappa shape index (κ1) is 12.4. The van der Waals surface area contributed by atoms with Crippen molar-refractivity contribution in [2.24, 2.45) is 23.5 Å². The van der Waals surface area contributed by atoms with Crippen molar-refractivity contribution < 1.29 is 0 Å². The molecule has 2 fully saturated rings. The van der Waals surface area contributed by atoms with Gasteiger partial charge in [0.1, 0.15) is 0 Å². The fourth-order valence-corrected chi connectivity index (χ4v) is 3.43. The van der Waals surface area contributed by atoms with E-state index >= 15 is 0 Å². The summed E-state index contributed by atoms with van der Waals surface area (Å²) in [5.41, 5.74) is 6.01. The second kappa shape index (κ2) is 5.05. The van der Waals surface area contributed by atoms with E-state index in [1.54, 1.807) is 0 Å². The van der Waals surface area contributed by atoms with Gasteiger partial charge < -0.3 is 10.6 Å². The van der Waals surface area contributed by atoms with E-state index in [0.717, 1.165) is 23.8 Å². The lowest BCUT2D eigenvalue weighted by molar-refractivity contribution is 0.126. The molecule has 0 spiro atoms. The molecule has 0 radical (unpaired) electrons. The third-order valence-corrected chi connectivity index (χ3v) is 5.09. The summed E-state index contributed by atoms with van der Waals surface area (Å²) in [6.45, 7) is 9.55. The Balaban J connectivity index is 1.85. The van der Waals surface area contributed by atoms with Crippen LogP contribution in [0.4, 0.5) is 0 Å². The van der Waals surface area contributed by atoms with Gasteiger partial charge in [-0.15, -0.1) is 0 Å². The van der Waals surface area contributed by atoms with Crippen molar-refractivity contribution in [2.75, 3.05) is 13.1 Å². The number of nitrogens with zero attached hydrogens (tertiary/aromatic N) is 1. The minimum Gasteiger partial charge on any atom is -0.328 e. The van der Waals surface area contributed by atoms with Crippen LogP contribution in [0.25, 0.3) is 0 Å². The lowest BCUT2D eigenvalue weighted by Crippen LogP contribution is -2.40. The summed E-state index contributed by atoms with van der Waals surface area (Å²) >= 11 is 0. The highest BCUT2D eigenvalue weighted by atomic mass is 15.2. The summed E-state index contributed by atoms with van der Waals surface area (Å²) < 4.78 is 0. The monoisotopic (exact) mass is 224 g/mol. The van der Waals surface area contributed by atoms with Crippen LogP contribution in [-0.2, 0) is 0 Å². The standard InChI is InChI=1S/C14H28N2/c1-10-4-5-14(8-11(10)2)16-7-6-13(9-16)12(3)15/h10-14H,4-9,15H2,1-3H3. The third kappa shape index (κ3) is 2.60. The molecular formula is C14H28N2. The second-order valence-electron chi connectivity index (χ2n) is 6.32. The molecule has 2 N–H and O–H groups in total. The van der Waals surface area contributed by atoms with Crippen molar-refractivity contribution in [3.8, 4) is 0 Å². The number of nitrogens with two attached hydrogens (primary N) is 1. The molecule has 16 heavy (non-hydrogen) atoms. The van der Waals surface area contributed by atoms with Gasteiger partial charge in [-0.25, -0.2) is 0 Å². The molecule has 2 heteroatoms. The fourth-order valence-electron chi connectivity index (χ4n) is 3.43. The van der Waals surface area contributed by atoms with Crippen LogP contribution in [0.3, 0.4) is 0 Å². The van der Waals surface area contributed by atoms with Crippen LogP contribution in [0.5, 0.6) is 0 Å². The molecule has 0 bridgehead atoms. The molecule has 1 saturated heterocycles. The smallest absolute Gasteiger partial charge is 0.00981 e. The SMILES string of the molecule is CC(N)C1CCN(C2CCC(C)C(C)C2)C1. The maximum Gasteiger partial charge on any atom is 0.00981 e. The molecular weight excluding hydrogens is 196 g/mol. The van der Waals surface area contributed by atoms with Crippen LogP contribution in [-0.4, -0.2) is 30.1 Å². The van der Waals surface area contributed by atoms with Gasteiger partial charge in [-0.1, -0.05) is 13.8 Å². The fraction of sp³-hybridized carbons (Fsp3) is 1.00. The summed E-state index contributed by atoms with van der Waals surface area (Å²) in [6.07, 6.45) is 5.56. The summed E-state index contributed by atoms with van der Waals surface area (Å²) in [7, 11) is 0. The molecule has 5 atom stereocenters. The Kier molecular flexibility index (Phi) is 3.91. The Morgan fingerprint density at radius 1 is 1.12 bits per heavy atom. The average Bonchev–Trinajstić information content (AvgIpc) is 2.71. The first-order valence-corrected chi connectivity index (χ1v) is 7.07. The predicted octanol–water partition coefficient (Wildman–Crippen LogP) is 2.48. The maximum atomic E-state index is 6.01. The van der Waals surface area contributed by atoms with E-state index in [-0.39, 0.29) is 0 Å². The molecule has 2 rings (SSSR count). The molecule has 1 saturated carbocycles. The first-order valence-electron chi connectivity index (χ1n) is 7.07. The molecule has 0 aromatic rings. The van der Waals surface area contributed by atoms with Crippen LogP contribution in [0, 0.1) is 17.8 Å². The highest BCUT2D eigenvalue weighted by molar-refractivity contribution is 4.88. The lowest BCUT2D eigenvalue weighted by Gasteiger charge is -2.37. The molecule has 94 valence electrons. The zero-order chi connectivity index (χ0) is 11.7. The molecule has 2 aliphatic rings. The van der Waals surface area contributed by atoms with E-state index in [9.17, 15) is 0 Å². The van der Waals surface area contributed by atoms with E-state index in [1.165, 1.54) is 38.8 Å². The zero-order valence-electron chi connectivity index (χ0n) is 11.2. The zero-order valence-corrected chi connectivity index (χ0v) is 11.2. The molecule has 0 aromatic carbocycles. The summed E-state index contributed by atoms with van der Waals surface area (Å²) in [5, 5.41) is 0. The minimum atomic E-state index is 0.380. The van der Waals surface area contributed by atoms with Crippen molar-refractivity contribution in [3.05, 3.63) is 0 Å². The summed E-state index contributed by atoms with van der Waals surface area (Å²) in [6, 6.07) is 1.24. The molecule has 2 nitrogen and oxygen atoms in total. The molecule has 0 amide bonds. The number of hydrogen-bond donors (Lipinski definition) is 1. The van der Waals surface area contributed by atoms with E-state index < -0.39 is 0 Å². The van der Waals surface area contributed by atoms with Crippen LogP contribution >= 0.6 is 0 Å². The van der Waals surface area contributed by atoms with Gasteiger partial charge in [-0.3, -0.25) is 0 Å². The largest absolute Gasteiger partial charge is 0.328 e. The van der Waals surface area contributed by atoms with Gasteiger partial charge in [0.2, 0.25) is 0 Å². The van der Waals surface area contributed by atoms with Crippen LogP contribution in [0.15, 0.2) is 0 Å². The second-order valence-corrected chi connectivity index (χ2v) is 6.32. The quantitative estimate of drug-likeness (QED) is 0.781. The van der Waals surface area contributed by atoms with Gasteiger partial charge in [0.05, 0.1) is 0 Å². The van der Waals surface area contributed by atoms with Crippen molar-refractivity contribution >= 4 is 0 Å². The number of likely N-dealkylation sites (tertiary alicyclic amines) is 1. The Hall–Kier alpha value is -0.0800. The van der Waals surface area contributed by atoms with Gasteiger partial charge in [-0.05, 0) is 56.9 Å². The average molecular weight is 224 g/mol. The Labute approximate surface area is 101 Å². The van der Waals surface area contributed by atoms with Crippen LogP contribution < -0.4 is 5.73 Å². The highest BCUT2D eigenvalue weighted by Gasteiger charge is 2.33. The third-order valence-electron chi connectivity index (χ3n) is 5.09. The summed E-state index contributed by atoms with van der Waals surface area (Å²) in [4.78, 5) is 2.72. The minimum absolute atomic E-state index is 0.380. The number of hydrogen-bond acceptors (Lipinski definition) is 2. The molecule has 5 unspecified atom stereocenters. The van der Waals surface area contributed by atoms with Crippen molar-refractivity contribution in [1.82, 2.24) is 4.90 Å². The first-order chi connectivity index (χ1) is 7.58. The van der Waals surface area contributed by atoms with Crippen molar-refractivity contribution in [1.29, 1.82) is 0 Å². The Morgan fingerprint density at radius 2 is 1.88 bits per heavy atom. The highest BCUT2D eigenvalue weighted by Crippen LogP contribution is 2.34. The molecule has 1 heterocycles. The van der Waals surface area contributed by atoms with E-state index in [1.807, 2.05) is 0 Å². The van der Waals surface area contributed by atoms with Crippen LogP contribution in [0.2, 0.25) is 0 Å². The van der Waals surface area contributed by atoms with E-state index in [2.05, 4.69) is 25.7 Å². The van der Waals surface area contributed by atoms with Gasteiger partial charge in [0.25, 0.3) is 0 Å². The topological polar surface area (TPSA) is 29.3 Å². The maximum absolute atomic E-state index is 6.01. The Bertz CT molecular complexity index is 227. The summed E-state index contributed by atoms with van der Waals surface area (Å²) in [5.74, 6) is 2.59. The van der Waals surface area contributed by atoms with Gasteiger partial charge in [-0.2, -0.15) is 0 Å². The van der Waals surface area contributed by atoms with Crippen LogP contribution in [0.1, 0.15) is 46.5 Å². The lowest BCUT2D eigenvalue weighted by atomic mass is 9.78. The molecule has 0 aromatic heterocycles. The normalized spacial score (nSPS) is 43.5. The van der Waals surface area contributed by atoms with Crippen molar-refractivity contribution in [3.63, 3.8) is 0 Å². The number of rotatable bonds is 2. The van der Waals surface area contributed by atoms with Gasteiger partial charge in [0.15, 0.2) is 0 Å². The predicted molar refractivity (Wildman–Crippen MR) is 69.3 cm³/mol. The van der Waals surface area contributed by atoms with E-state index in [4.69, 9.17) is 5.73 Å². The van der Waals surface area contributed by atoms with E-state index in [0.29, 0.717) is 6.04 Å². The van der Waals surface area contributed by atoms with Gasteiger partial charge >= 0.3 is 0 Å². The van der Waals surface area contributed by atoms with Gasteiger partial charge in [0, 0.05) is 18.6 Å². The van der Waals surface area contributed by atoms with Crippen molar-refractivity contribution in [2.45, 2.75) is 58.5 Å². The molecule has 1 aliphatic carbocycles.